The van der Waals surface area contributed by atoms with Crippen LogP contribution in [0.2, 0.25) is 0 Å². The molecule has 0 heterocycles. The van der Waals surface area contributed by atoms with Crippen LogP contribution in [0.3, 0.4) is 0 Å². The van der Waals surface area contributed by atoms with Gasteiger partial charge in [0.2, 0.25) is 0 Å². The molecule has 0 aliphatic heterocycles. The maximum Gasteiger partial charge on any atom is 0.119 e. The predicted octanol–water partition coefficient (Wildman–Crippen LogP) is 4.79. The summed E-state index contributed by atoms with van der Waals surface area (Å²) in [6.07, 6.45) is 14.7. The van der Waals surface area contributed by atoms with E-state index in [1.165, 1.54) is 24.8 Å². The van der Waals surface area contributed by atoms with Gasteiger partial charge in [-0.05, 0) is 55.2 Å². The Bertz CT molecular complexity index is 479. The van der Waals surface area contributed by atoms with Crippen LogP contribution in [0, 0.1) is 17.8 Å². The van der Waals surface area contributed by atoms with Gasteiger partial charge in [-0.3, -0.25) is 0 Å². The molecule has 1 nitrogen and oxygen atoms in total. The van der Waals surface area contributed by atoms with Crippen LogP contribution in [-0.2, 0) is 6.42 Å². The minimum Gasteiger partial charge on any atom is -0.494 e. The second kappa shape index (κ2) is 6.30. The molecule has 0 radical (unpaired) electrons. The largest absolute Gasteiger partial charge is 0.494 e. The molecule has 2 atom stereocenters. The normalized spacial score (nSPS) is 24.9. The van der Waals surface area contributed by atoms with E-state index in [9.17, 15) is 0 Å². The molecule has 20 heavy (non-hydrogen) atoms. The molecule has 1 aromatic rings. The van der Waals surface area contributed by atoms with E-state index in [2.05, 4.69) is 48.6 Å². The van der Waals surface area contributed by atoms with Crippen LogP contribution in [0.15, 0.2) is 48.6 Å². The van der Waals surface area contributed by atoms with Gasteiger partial charge in [-0.15, -0.1) is 0 Å². The molecule has 0 N–H and O–H groups in total. The van der Waals surface area contributed by atoms with Crippen molar-refractivity contribution in [3.63, 3.8) is 0 Å². The third-order valence-electron chi connectivity index (χ3n) is 4.39. The zero-order chi connectivity index (χ0) is 13.8. The first-order chi connectivity index (χ1) is 9.85. The summed E-state index contributed by atoms with van der Waals surface area (Å²) in [5.41, 5.74) is 1.42. The van der Waals surface area contributed by atoms with Crippen molar-refractivity contribution in [2.75, 3.05) is 6.61 Å². The van der Waals surface area contributed by atoms with Crippen LogP contribution >= 0.6 is 0 Å². The van der Waals surface area contributed by atoms with Crippen LogP contribution in [-0.4, -0.2) is 6.61 Å². The molecule has 0 aromatic heterocycles. The van der Waals surface area contributed by atoms with E-state index < -0.39 is 0 Å². The minimum atomic E-state index is 0.665. The summed E-state index contributed by atoms with van der Waals surface area (Å²) in [4.78, 5) is 0. The van der Waals surface area contributed by atoms with Crippen LogP contribution in [0.25, 0.3) is 0 Å². The van der Waals surface area contributed by atoms with E-state index in [0.717, 1.165) is 30.6 Å². The van der Waals surface area contributed by atoms with Gasteiger partial charge in [0, 0.05) is 0 Å². The van der Waals surface area contributed by atoms with E-state index in [1.807, 2.05) is 6.92 Å². The molecule has 0 bridgehead atoms. The lowest BCUT2D eigenvalue weighted by molar-refractivity contribution is 0.340. The standard InChI is InChI=1S/C19H24O/c1-2-20-19-11-9-16(10-12-19)14-18-6-4-3-5-17(18)13-15-7-8-15/h3-6,9-12,15,17-18H,2,7-8,13-14H2,1H3. The first kappa shape index (κ1) is 13.5. The Morgan fingerprint density at radius 3 is 2.35 bits per heavy atom. The number of ether oxygens (including phenoxy) is 1. The lowest BCUT2D eigenvalue weighted by atomic mass is 9.81. The molecular formula is C19H24O. The summed E-state index contributed by atoms with van der Waals surface area (Å²) >= 11 is 0. The first-order valence-corrected chi connectivity index (χ1v) is 7.92. The van der Waals surface area contributed by atoms with Gasteiger partial charge in [0.1, 0.15) is 5.75 Å². The molecular weight excluding hydrogens is 244 g/mol. The molecule has 1 saturated carbocycles. The summed E-state index contributed by atoms with van der Waals surface area (Å²) in [6, 6.07) is 8.62. The van der Waals surface area contributed by atoms with E-state index >= 15 is 0 Å². The smallest absolute Gasteiger partial charge is 0.119 e. The molecule has 1 aromatic carbocycles. The van der Waals surface area contributed by atoms with Gasteiger partial charge >= 0.3 is 0 Å². The third kappa shape index (κ3) is 3.53. The molecule has 0 spiro atoms. The van der Waals surface area contributed by atoms with Gasteiger partial charge in [0.15, 0.2) is 0 Å². The summed E-state index contributed by atoms with van der Waals surface area (Å²) in [7, 11) is 0. The number of rotatable bonds is 6. The second-order valence-electron chi connectivity index (χ2n) is 6.06. The van der Waals surface area contributed by atoms with Crippen LogP contribution < -0.4 is 4.74 Å². The van der Waals surface area contributed by atoms with Crippen LogP contribution in [0.4, 0.5) is 0 Å². The van der Waals surface area contributed by atoms with Crippen LogP contribution in [0.1, 0.15) is 31.7 Å². The highest BCUT2D eigenvalue weighted by Gasteiger charge is 2.28. The monoisotopic (exact) mass is 268 g/mol. The maximum atomic E-state index is 5.51. The summed E-state index contributed by atoms with van der Waals surface area (Å²) in [6.45, 7) is 2.76. The average molecular weight is 268 g/mol. The third-order valence-corrected chi connectivity index (χ3v) is 4.39. The van der Waals surface area contributed by atoms with Crippen molar-refractivity contribution in [3.8, 4) is 5.75 Å². The van der Waals surface area contributed by atoms with Gasteiger partial charge in [0.05, 0.1) is 6.61 Å². The number of benzene rings is 1. The van der Waals surface area contributed by atoms with Gasteiger partial charge in [-0.2, -0.15) is 0 Å². The molecule has 0 saturated heterocycles. The molecule has 0 amide bonds. The highest BCUT2D eigenvalue weighted by molar-refractivity contribution is 5.28. The summed E-state index contributed by atoms with van der Waals surface area (Å²) in [5, 5.41) is 0. The number of hydrogen-bond acceptors (Lipinski definition) is 1. The van der Waals surface area contributed by atoms with E-state index in [0.29, 0.717) is 5.92 Å². The van der Waals surface area contributed by atoms with Crippen molar-refractivity contribution in [1.82, 2.24) is 0 Å². The first-order valence-electron chi connectivity index (χ1n) is 7.92. The number of hydrogen-bond donors (Lipinski definition) is 0. The van der Waals surface area contributed by atoms with Gasteiger partial charge in [-0.1, -0.05) is 49.3 Å². The van der Waals surface area contributed by atoms with Crippen molar-refractivity contribution in [1.29, 1.82) is 0 Å². The van der Waals surface area contributed by atoms with Crippen molar-refractivity contribution in [2.45, 2.75) is 32.6 Å². The zero-order valence-electron chi connectivity index (χ0n) is 12.3. The van der Waals surface area contributed by atoms with E-state index in [-0.39, 0.29) is 0 Å². The van der Waals surface area contributed by atoms with Gasteiger partial charge in [0.25, 0.3) is 0 Å². The molecule has 2 aliphatic rings. The maximum absolute atomic E-state index is 5.51. The van der Waals surface area contributed by atoms with Crippen LogP contribution in [0.5, 0.6) is 5.75 Å². The highest BCUT2D eigenvalue weighted by atomic mass is 16.5. The van der Waals surface area contributed by atoms with Crippen molar-refractivity contribution in [3.05, 3.63) is 54.1 Å². The van der Waals surface area contributed by atoms with Crippen molar-refractivity contribution >= 4 is 0 Å². The average Bonchev–Trinajstić information content (AvgIpc) is 3.27. The summed E-state index contributed by atoms with van der Waals surface area (Å²) < 4.78 is 5.51. The quantitative estimate of drug-likeness (QED) is 0.721. The Kier molecular flexibility index (Phi) is 4.25. The molecule has 2 unspecified atom stereocenters. The SMILES string of the molecule is CCOc1ccc(CC2C=CC=CC2CC2CC2)cc1. The number of allylic oxidation sites excluding steroid dienone is 4. The molecule has 106 valence electrons. The Hall–Kier alpha value is -1.50. The Morgan fingerprint density at radius 1 is 1.00 bits per heavy atom. The van der Waals surface area contributed by atoms with Gasteiger partial charge < -0.3 is 4.74 Å². The fraction of sp³-hybridized carbons (Fsp3) is 0.474. The lowest BCUT2D eigenvalue weighted by Gasteiger charge is -2.24. The topological polar surface area (TPSA) is 9.23 Å². The molecule has 3 rings (SSSR count). The zero-order valence-corrected chi connectivity index (χ0v) is 12.3. The minimum absolute atomic E-state index is 0.665. The fourth-order valence-electron chi connectivity index (χ4n) is 3.07. The highest BCUT2D eigenvalue weighted by Crippen LogP contribution is 2.39. The molecule has 2 aliphatic carbocycles. The predicted molar refractivity (Wildman–Crippen MR) is 83.9 cm³/mol. The second-order valence-corrected chi connectivity index (χ2v) is 6.06. The fourth-order valence-corrected chi connectivity index (χ4v) is 3.07. The molecule has 1 heteroatoms. The van der Waals surface area contributed by atoms with Crippen molar-refractivity contribution < 1.29 is 4.74 Å². The molecule has 1 fully saturated rings. The van der Waals surface area contributed by atoms with Crippen molar-refractivity contribution in [2.24, 2.45) is 17.8 Å². The Balaban J connectivity index is 1.62. The van der Waals surface area contributed by atoms with Gasteiger partial charge in [-0.25, -0.2) is 0 Å². The van der Waals surface area contributed by atoms with E-state index in [4.69, 9.17) is 4.74 Å². The van der Waals surface area contributed by atoms with E-state index in [1.54, 1.807) is 0 Å². The Labute approximate surface area is 122 Å². The summed E-state index contributed by atoms with van der Waals surface area (Å²) in [5.74, 6) is 3.38. The Morgan fingerprint density at radius 2 is 1.70 bits per heavy atom. The lowest BCUT2D eigenvalue weighted by Crippen LogP contribution is -2.16.